The summed E-state index contributed by atoms with van der Waals surface area (Å²) in [6, 6.07) is 6.17. The number of nitrogens with one attached hydrogen (secondary N) is 2. The van der Waals surface area contributed by atoms with Crippen LogP contribution in [-0.4, -0.2) is 18.4 Å². The summed E-state index contributed by atoms with van der Waals surface area (Å²) in [6.07, 6.45) is 0. The Kier molecular flexibility index (Phi) is 2.12. The quantitative estimate of drug-likeness (QED) is 0.817. The molecular formula is C12H15N3O. The third-order valence-electron chi connectivity index (χ3n) is 1.91. The lowest BCUT2D eigenvalue weighted by molar-refractivity contribution is 0.0963. The first-order chi connectivity index (χ1) is 9.04. The van der Waals surface area contributed by atoms with Crippen LogP contribution >= 0.6 is 0 Å². The van der Waals surface area contributed by atoms with Crippen molar-refractivity contribution in [1.82, 2.24) is 5.32 Å². The van der Waals surface area contributed by atoms with E-state index >= 15 is 0 Å². The van der Waals surface area contributed by atoms with Gasteiger partial charge >= 0.3 is 0 Å². The van der Waals surface area contributed by atoms with Crippen molar-refractivity contribution in [1.29, 1.82) is 5.26 Å². The molecule has 0 fully saturated rings. The predicted octanol–water partition coefficient (Wildman–Crippen LogP) is 1.76. The fourth-order valence-electron chi connectivity index (χ4n) is 1.10. The highest BCUT2D eigenvalue weighted by Crippen LogP contribution is 2.15. The van der Waals surface area contributed by atoms with Gasteiger partial charge in [-0.05, 0) is 38.1 Å². The molecule has 2 N–H and O–H groups in total. The van der Waals surface area contributed by atoms with Crippen LogP contribution in [0.5, 0.6) is 0 Å². The molecule has 0 aliphatic heterocycles. The van der Waals surface area contributed by atoms with Gasteiger partial charge in [-0.1, -0.05) is 0 Å². The first-order valence-electron chi connectivity index (χ1n) is 6.67. The minimum atomic E-state index is -2.59. The Hall–Kier alpha value is -2.02. The first-order valence-corrected chi connectivity index (χ1v) is 4.67. The zero-order valence-electron chi connectivity index (χ0n) is 13.1. The normalized spacial score (nSPS) is 14.8. The molecule has 1 aromatic carbocycles. The molecule has 0 unspecified atom stereocenters. The number of rotatable bonds is 3. The second kappa shape index (κ2) is 4.67. The van der Waals surface area contributed by atoms with Crippen LogP contribution in [-0.2, 0) is 0 Å². The Morgan fingerprint density at radius 2 is 2.31 bits per heavy atom. The van der Waals surface area contributed by atoms with E-state index in [-0.39, 0.29) is 11.6 Å². The Bertz CT molecular complexity index is 561. The Morgan fingerprint density at radius 3 is 2.88 bits per heavy atom. The summed E-state index contributed by atoms with van der Waals surface area (Å²) in [5.74, 6) is -0.832. The minimum absolute atomic E-state index is 0.0403. The fourth-order valence-corrected chi connectivity index (χ4v) is 1.10. The summed E-state index contributed by atoms with van der Waals surface area (Å²) in [5, 5.41) is 13.6. The number of amides is 1. The van der Waals surface area contributed by atoms with Gasteiger partial charge in [-0.15, -0.1) is 0 Å². The zero-order valence-corrected chi connectivity index (χ0v) is 9.09. The van der Waals surface area contributed by atoms with Crippen molar-refractivity contribution in [3.63, 3.8) is 0 Å². The SMILES string of the molecule is [2H]c1cc(NC(C)(C)C#N)ccc1C(=O)NC([2H])([2H])[2H]. The van der Waals surface area contributed by atoms with Crippen molar-refractivity contribution in [2.75, 3.05) is 12.3 Å². The van der Waals surface area contributed by atoms with Gasteiger partial charge in [0.15, 0.2) is 0 Å². The van der Waals surface area contributed by atoms with Gasteiger partial charge in [-0.25, -0.2) is 0 Å². The van der Waals surface area contributed by atoms with E-state index in [2.05, 4.69) is 11.4 Å². The van der Waals surface area contributed by atoms with Crippen molar-refractivity contribution in [2.24, 2.45) is 0 Å². The highest BCUT2D eigenvalue weighted by atomic mass is 16.1. The molecule has 1 rings (SSSR count). The van der Waals surface area contributed by atoms with E-state index < -0.39 is 18.4 Å². The van der Waals surface area contributed by atoms with Crippen LogP contribution in [0.15, 0.2) is 24.2 Å². The van der Waals surface area contributed by atoms with Crippen molar-refractivity contribution in [3.8, 4) is 6.07 Å². The summed E-state index contributed by atoms with van der Waals surface area (Å²) in [5.41, 5.74) is -0.344. The number of hydrogen-bond acceptors (Lipinski definition) is 3. The minimum Gasteiger partial charge on any atom is -0.368 e. The number of nitrogens with zero attached hydrogens (tertiary/aromatic N) is 1. The van der Waals surface area contributed by atoms with E-state index in [0.29, 0.717) is 5.69 Å². The second-order valence-corrected chi connectivity index (χ2v) is 3.81. The zero-order chi connectivity index (χ0) is 15.6. The number of carbonyl (C=O) groups excluding carboxylic acids is 1. The Morgan fingerprint density at radius 1 is 1.56 bits per heavy atom. The van der Waals surface area contributed by atoms with Crippen LogP contribution in [0, 0.1) is 11.3 Å². The first kappa shape index (κ1) is 7.29. The molecule has 16 heavy (non-hydrogen) atoms. The smallest absolute Gasteiger partial charge is 0.251 e. The van der Waals surface area contributed by atoms with Gasteiger partial charge in [-0.3, -0.25) is 4.79 Å². The molecule has 1 amide bonds. The monoisotopic (exact) mass is 221 g/mol. The second-order valence-electron chi connectivity index (χ2n) is 3.81. The van der Waals surface area contributed by atoms with Crippen LogP contribution in [0.3, 0.4) is 0 Å². The number of carbonyl (C=O) groups is 1. The Balaban J connectivity index is 2.95. The van der Waals surface area contributed by atoms with Crippen molar-refractivity contribution in [3.05, 3.63) is 29.8 Å². The van der Waals surface area contributed by atoms with E-state index in [9.17, 15) is 4.79 Å². The molecule has 4 nitrogen and oxygen atoms in total. The van der Waals surface area contributed by atoms with E-state index in [4.69, 9.17) is 10.7 Å². The highest BCUT2D eigenvalue weighted by Gasteiger charge is 2.15. The summed E-state index contributed by atoms with van der Waals surface area (Å²) in [6.45, 7) is 0.751. The van der Waals surface area contributed by atoms with E-state index in [1.807, 2.05) is 5.32 Å². The van der Waals surface area contributed by atoms with Gasteiger partial charge in [0.2, 0.25) is 0 Å². The van der Waals surface area contributed by atoms with E-state index in [0.717, 1.165) is 0 Å². The van der Waals surface area contributed by atoms with Crippen LogP contribution < -0.4 is 10.6 Å². The topological polar surface area (TPSA) is 64.9 Å². The number of hydrogen-bond donors (Lipinski definition) is 2. The molecule has 1 aromatic rings. The number of benzene rings is 1. The molecule has 0 saturated carbocycles. The molecule has 84 valence electrons. The lowest BCUT2D eigenvalue weighted by atomic mass is 10.1. The van der Waals surface area contributed by atoms with E-state index in [1.165, 1.54) is 18.2 Å². The summed E-state index contributed by atoms with van der Waals surface area (Å²) < 4.78 is 28.6. The average molecular weight is 221 g/mol. The third kappa shape index (κ3) is 2.99. The number of nitriles is 1. The van der Waals surface area contributed by atoms with Gasteiger partial charge in [0.25, 0.3) is 5.91 Å². The van der Waals surface area contributed by atoms with Gasteiger partial charge in [0, 0.05) is 22.3 Å². The average Bonchev–Trinajstić information content (AvgIpc) is 2.26. The molecule has 0 bridgehead atoms. The van der Waals surface area contributed by atoms with Gasteiger partial charge in [0.1, 0.15) is 5.54 Å². The van der Waals surface area contributed by atoms with Crippen molar-refractivity contribution in [2.45, 2.75) is 19.4 Å². The fraction of sp³-hybridized carbons (Fsp3) is 0.333. The third-order valence-corrected chi connectivity index (χ3v) is 1.91. The maximum absolute atomic E-state index is 11.7. The largest absolute Gasteiger partial charge is 0.368 e. The molecule has 0 atom stereocenters. The van der Waals surface area contributed by atoms with Crippen molar-refractivity contribution >= 4 is 11.6 Å². The van der Waals surface area contributed by atoms with Crippen LogP contribution in [0.2, 0.25) is 0 Å². The lowest BCUT2D eigenvalue weighted by Gasteiger charge is -2.19. The van der Waals surface area contributed by atoms with Crippen LogP contribution in [0.1, 0.15) is 29.7 Å². The molecular weight excluding hydrogens is 202 g/mol. The predicted molar refractivity (Wildman–Crippen MR) is 63.1 cm³/mol. The summed E-state index contributed by atoms with van der Waals surface area (Å²) >= 11 is 0. The molecule has 0 aliphatic carbocycles. The summed E-state index contributed by atoms with van der Waals surface area (Å²) in [7, 11) is 0. The molecule has 0 aromatic heterocycles. The van der Waals surface area contributed by atoms with Crippen molar-refractivity contribution < 1.29 is 10.3 Å². The Labute approximate surface area is 101 Å². The van der Waals surface area contributed by atoms with Gasteiger partial charge in [-0.2, -0.15) is 5.26 Å². The molecule has 0 heterocycles. The van der Waals surface area contributed by atoms with Crippen LogP contribution in [0.25, 0.3) is 0 Å². The standard InChI is InChI=1S/C12H15N3O/c1-12(2,8-13)15-10-6-4-9(5-7-10)11(16)14-3/h4-7,15H,1-3H3,(H,14,16)/i3D3,4D. The van der Waals surface area contributed by atoms with Crippen LogP contribution in [0.4, 0.5) is 5.69 Å². The molecule has 4 heteroatoms. The molecule has 0 aliphatic rings. The summed E-state index contributed by atoms with van der Waals surface area (Å²) in [4.78, 5) is 11.7. The molecule has 0 spiro atoms. The maximum Gasteiger partial charge on any atom is 0.251 e. The lowest BCUT2D eigenvalue weighted by Crippen LogP contribution is -2.28. The highest BCUT2D eigenvalue weighted by molar-refractivity contribution is 5.94. The molecule has 0 radical (unpaired) electrons. The van der Waals surface area contributed by atoms with Gasteiger partial charge < -0.3 is 10.6 Å². The van der Waals surface area contributed by atoms with E-state index in [1.54, 1.807) is 13.8 Å². The maximum atomic E-state index is 11.7. The molecule has 0 saturated heterocycles. The van der Waals surface area contributed by atoms with Gasteiger partial charge in [0.05, 0.1) is 7.44 Å². The number of anilines is 1.